The number of hydrogen-bond acceptors (Lipinski definition) is 1. The molecular weight excluding hydrogens is 244 g/mol. The van der Waals surface area contributed by atoms with E-state index in [-0.39, 0.29) is 11.2 Å². The van der Waals surface area contributed by atoms with Gasteiger partial charge in [-0.2, -0.15) is 0 Å². The van der Waals surface area contributed by atoms with Crippen LogP contribution in [0.15, 0.2) is 30.3 Å². The standard InChI is InChI=1S/C16H23ClO/c1-13(2)9-5-3-8-12-15(16(17)18)14-10-6-4-7-11-14/h4,6-7,10-11,13,15H,3,5,8-9,12H2,1-2H3. The summed E-state index contributed by atoms with van der Waals surface area (Å²) in [5, 5.41) is -0.231. The van der Waals surface area contributed by atoms with E-state index in [4.69, 9.17) is 11.6 Å². The Morgan fingerprint density at radius 3 is 2.22 bits per heavy atom. The van der Waals surface area contributed by atoms with Crippen LogP contribution in [-0.2, 0) is 4.79 Å². The number of halogens is 1. The Hall–Kier alpha value is -0.820. The summed E-state index contributed by atoms with van der Waals surface area (Å²) in [6.07, 6.45) is 5.64. The van der Waals surface area contributed by atoms with Crippen molar-refractivity contribution in [2.24, 2.45) is 5.92 Å². The molecule has 0 bridgehead atoms. The van der Waals surface area contributed by atoms with Crippen LogP contribution >= 0.6 is 11.6 Å². The smallest absolute Gasteiger partial charge is 0.229 e. The Morgan fingerprint density at radius 2 is 1.67 bits per heavy atom. The van der Waals surface area contributed by atoms with Crippen molar-refractivity contribution in [3.8, 4) is 0 Å². The molecule has 1 nitrogen and oxygen atoms in total. The number of rotatable bonds is 8. The summed E-state index contributed by atoms with van der Waals surface area (Å²) in [5.41, 5.74) is 1.04. The summed E-state index contributed by atoms with van der Waals surface area (Å²) in [4.78, 5) is 11.5. The molecule has 0 amide bonds. The lowest BCUT2D eigenvalue weighted by Crippen LogP contribution is -2.06. The second-order valence-corrected chi connectivity index (χ2v) is 5.67. The van der Waals surface area contributed by atoms with Crippen molar-refractivity contribution in [1.82, 2.24) is 0 Å². The minimum absolute atomic E-state index is 0.132. The highest BCUT2D eigenvalue weighted by Gasteiger charge is 2.17. The Bertz CT molecular complexity index is 345. The van der Waals surface area contributed by atoms with E-state index in [1.165, 1.54) is 19.3 Å². The third kappa shape index (κ3) is 5.68. The van der Waals surface area contributed by atoms with Crippen LogP contribution in [0.4, 0.5) is 0 Å². The molecule has 1 rings (SSSR count). The highest BCUT2D eigenvalue weighted by molar-refractivity contribution is 6.64. The molecule has 0 fully saturated rings. The quantitative estimate of drug-likeness (QED) is 0.470. The van der Waals surface area contributed by atoms with Crippen LogP contribution in [-0.4, -0.2) is 5.24 Å². The zero-order valence-corrected chi connectivity index (χ0v) is 12.1. The maximum absolute atomic E-state index is 11.5. The van der Waals surface area contributed by atoms with E-state index in [1.807, 2.05) is 30.3 Å². The lowest BCUT2D eigenvalue weighted by Gasteiger charge is -2.13. The lowest BCUT2D eigenvalue weighted by atomic mass is 9.93. The predicted octanol–water partition coefficient (Wildman–Crippen LogP) is 5.14. The van der Waals surface area contributed by atoms with Gasteiger partial charge in [0.25, 0.3) is 0 Å². The van der Waals surface area contributed by atoms with Gasteiger partial charge >= 0.3 is 0 Å². The summed E-state index contributed by atoms with van der Waals surface area (Å²) in [6.45, 7) is 4.49. The molecule has 1 unspecified atom stereocenters. The van der Waals surface area contributed by atoms with E-state index in [0.29, 0.717) is 0 Å². The minimum Gasteiger partial charge on any atom is -0.281 e. The van der Waals surface area contributed by atoms with Gasteiger partial charge in [-0.25, -0.2) is 0 Å². The number of carbonyl (C=O) groups excluding carboxylic acids is 1. The normalized spacial score (nSPS) is 12.7. The van der Waals surface area contributed by atoms with Crippen LogP contribution < -0.4 is 0 Å². The maximum Gasteiger partial charge on any atom is 0.229 e. The fourth-order valence-electron chi connectivity index (χ4n) is 2.17. The number of benzene rings is 1. The zero-order valence-electron chi connectivity index (χ0n) is 11.4. The van der Waals surface area contributed by atoms with Gasteiger partial charge in [0.15, 0.2) is 0 Å². The van der Waals surface area contributed by atoms with Crippen molar-refractivity contribution in [1.29, 1.82) is 0 Å². The van der Waals surface area contributed by atoms with Crippen LogP contribution in [0.1, 0.15) is 57.4 Å². The zero-order chi connectivity index (χ0) is 13.4. The van der Waals surface area contributed by atoms with E-state index < -0.39 is 0 Å². The average Bonchev–Trinajstić information content (AvgIpc) is 2.34. The van der Waals surface area contributed by atoms with E-state index in [9.17, 15) is 4.79 Å². The molecule has 0 aromatic heterocycles. The molecule has 2 heteroatoms. The lowest BCUT2D eigenvalue weighted by molar-refractivity contribution is -0.113. The Kier molecular flexibility index (Phi) is 7.04. The highest BCUT2D eigenvalue weighted by atomic mass is 35.5. The second-order valence-electron chi connectivity index (χ2n) is 5.30. The van der Waals surface area contributed by atoms with E-state index in [2.05, 4.69) is 13.8 Å². The van der Waals surface area contributed by atoms with Gasteiger partial charge in [-0.3, -0.25) is 4.79 Å². The summed E-state index contributed by atoms with van der Waals surface area (Å²) >= 11 is 5.70. The van der Waals surface area contributed by atoms with E-state index in [0.717, 1.165) is 24.3 Å². The molecule has 18 heavy (non-hydrogen) atoms. The number of hydrogen-bond donors (Lipinski definition) is 0. The van der Waals surface area contributed by atoms with Gasteiger partial charge < -0.3 is 0 Å². The van der Waals surface area contributed by atoms with Crippen LogP contribution in [0.25, 0.3) is 0 Å². The third-order valence-electron chi connectivity index (χ3n) is 3.25. The monoisotopic (exact) mass is 266 g/mol. The van der Waals surface area contributed by atoms with Crippen LogP contribution in [0, 0.1) is 5.92 Å². The van der Waals surface area contributed by atoms with Crippen molar-refractivity contribution >= 4 is 16.8 Å². The molecule has 0 aliphatic heterocycles. The number of unbranched alkanes of at least 4 members (excludes halogenated alkanes) is 2. The molecule has 0 spiro atoms. The average molecular weight is 267 g/mol. The minimum atomic E-state index is -0.231. The molecule has 0 aliphatic carbocycles. The molecule has 0 saturated heterocycles. The van der Waals surface area contributed by atoms with E-state index in [1.54, 1.807) is 0 Å². The Balaban J connectivity index is 2.38. The molecule has 0 N–H and O–H groups in total. The molecule has 0 radical (unpaired) electrons. The van der Waals surface area contributed by atoms with E-state index >= 15 is 0 Å². The van der Waals surface area contributed by atoms with Gasteiger partial charge in [-0.05, 0) is 29.5 Å². The van der Waals surface area contributed by atoms with Crippen molar-refractivity contribution < 1.29 is 4.79 Å². The Labute approximate surface area is 116 Å². The fourth-order valence-corrected chi connectivity index (χ4v) is 2.41. The van der Waals surface area contributed by atoms with Crippen LogP contribution in [0.3, 0.4) is 0 Å². The fraction of sp³-hybridized carbons (Fsp3) is 0.562. The molecule has 100 valence electrons. The van der Waals surface area contributed by atoms with Gasteiger partial charge in [-0.15, -0.1) is 0 Å². The first kappa shape index (κ1) is 15.2. The summed E-state index contributed by atoms with van der Waals surface area (Å²) in [5.74, 6) is 0.636. The number of carbonyl (C=O) groups is 1. The third-order valence-corrected chi connectivity index (χ3v) is 3.51. The maximum atomic E-state index is 11.5. The molecule has 1 aromatic carbocycles. The molecule has 1 aromatic rings. The predicted molar refractivity (Wildman–Crippen MR) is 78.0 cm³/mol. The van der Waals surface area contributed by atoms with Gasteiger partial charge in [0.05, 0.1) is 5.92 Å². The van der Waals surface area contributed by atoms with Crippen molar-refractivity contribution in [3.05, 3.63) is 35.9 Å². The van der Waals surface area contributed by atoms with Crippen LogP contribution in [0.2, 0.25) is 0 Å². The van der Waals surface area contributed by atoms with Crippen molar-refractivity contribution in [2.45, 2.75) is 51.9 Å². The van der Waals surface area contributed by atoms with Crippen molar-refractivity contribution in [2.75, 3.05) is 0 Å². The Morgan fingerprint density at radius 1 is 1.06 bits per heavy atom. The molecule has 0 heterocycles. The largest absolute Gasteiger partial charge is 0.281 e. The summed E-state index contributed by atoms with van der Waals surface area (Å²) in [7, 11) is 0. The van der Waals surface area contributed by atoms with Gasteiger partial charge in [0.1, 0.15) is 0 Å². The summed E-state index contributed by atoms with van der Waals surface area (Å²) < 4.78 is 0. The molecule has 1 atom stereocenters. The van der Waals surface area contributed by atoms with Crippen molar-refractivity contribution in [3.63, 3.8) is 0 Å². The first-order chi connectivity index (χ1) is 8.61. The molecule has 0 aliphatic rings. The summed E-state index contributed by atoms with van der Waals surface area (Å²) in [6, 6.07) is 9.85. The van der Waals surface area contributed by atoms with Gasteiger partial charge in [0, 0.05) is 0 Å². The second kappa shape index (κ2) is 8.31. The topological polar surface area (TPSA) is 17.1 Å². The molecular formula is C16H23ClO. The molecule has 0 saturated carbocycles. The van der Waals surface area contributed by atoms with Gasteiger partial charge in [-0.1, -0.05) is 69.9 Å². The first-order valence-electron chi connectivity index (χ1n) is 6.85. The first-order valence-corrected chi connectivity index (χ1v) is 7.23. The van der Waals surface area contributed by atoms with Gasteiger partial charge in [0.2, 0.25) is 5.24 Å². The van der Waals surface area contributed by atoms with Crippen LogP contribution in [0.5, 0.6) is 0 Å². The highest BCUT2D eigenvalue weighted by Crippen LogP contribution is 2.25. The SMILES string of the molecule is CC(C)CCCCCC(C(=O)Cl)c1ccccc1.